The molecule has 0 saturated carbocycles. The van der Waals surface area contributed by atoms with E-state index < -0.39 is 0 Å². The van der Waals surface area contributed by atoms with Crippen LogP contribution in [0.4, 0.5) is 5.69 Å². The maximum absolute atomic E-state index is 6.52. The molecule has 2 aliphatic rings. The third kappa shape index (κ3) is 2.10. The summed E-state index contributed by atoms with van der Waals surface area (Å²) in [6.45, 7) is 2.32. The van der Waals surface area contributed by atoms with Crippen LogP contribution in [0.15, 0.2) is 78.9 Å². The van der Waals surface area contributed by atoms with Crippen molar-refractivity contribution in [2.75, 3.05) is 5.73 Å². The molecular formula is C25H21N. The van der Waals surface area contributed by atoms with E-state index in [4.69, 9.17) is 5.73 Å². The van der Waals surface area contributed by atoms with Crippen molar-refractivity contribution in [1.29, 1.82) is 0 Å². The highest BCUT2D eigenvalue weighted by Gasteiger charge is 2.27. The summed E-state index contributed by atoms with van der Waals surface area (Å²) in [7, 11) is 0. The molecule has 3 aromatic carbocycles. The van der Waals surface area contributed by atoms with Crippen LogP contribution in [0.2, 0.25) is 0 Å². The first kappa shape index (κ1) is 15.2. The molecule has 1 heteroatoms. The molecule has 0 saturated heterocycles. The molecule has 0 aliphatic heterocycles. The van der Waals surface area contributed by atoms with Crippen molar-refractivity contribution in [3.63, 3.8) is 0 Å². The smallest absolute Gasteiger partial charge is 0.0400 e. The van der Waals surface area contributed by atoms with Crippen LogP contribution in [-0.2, 0) is 0 Å². The lowest BCUT2D eigenvalue weighted by molar-refractivity contribution is 0.761. The van der Waals surface area contributed by atoms with Crippen molar-refractivity contribution in [1.82, 2.24) is 0 Å². The van der Waals surface area contributed by atoms with Crippen LogP contribution in [0, 0.1) is 5.92 Å². The molecule has 0 spiro atoms. The Labute approximate surface area is 154 Å². The summed E-state index contributed by atoms with van der Waals surface area (Å²) in [5.74, 6) is 0.467. The number of fused-ring (bicyclic) bond motifs is 7. The molecule has 1 unspecified atom stereocenters. The summed E-state index contributed by atoms with van der Waals surface area (Å²) in [5, 5.41) is 0. The summed E-state index contributed by atoms with van der Waals surface area (Å²) in [4.78, 5) is 0. The highest BCUT2D eigenvalue weighted by molar-refractivity contribution is 6.09. The Morgan fingerprint density at radius 2 is 1.35 bits per heavy atom. The number of anilines is 1. The van der Waals surface area contributed by atoms with Crippen LogP contribution >= 0.6 is 0 Å². The monoisotopic (exact) mass is 335 g/mol. The number of allylic oxidation sites excluding steroid dienone is 4. The van der Waals surface area contributed by atoms with E-state index in [1.165, 1.54) is 44.5 Å². The van der Waals surface area contributed by atoms with E-state index in [1.54, 1.807) is 0 Å². The van der Waals surface area contributed by atoms with Crippen molar-refractivity contribution in [3.05, 3.63) is 90.0 Å². The first-order valence-electron chi connectivity index (χ1n) is 9.24. The number of hydrogen-bond donors (Lipinski definition) is 1. The minimum Gasteiger partial charge on any atom is -0.398 e. The highest BCUT2D eigenvalue weighted by atomic mass is 14.6. The molecule has 0 heterocycles. The Balaban J connectivity index is 2.01. The molecule has 0 aromatic heterocycles. The van der Waals surface area contributed by atoms with E-state index in [-0.39, 0.29) is 0 Å². The van der Waals surface area contributed by atoms with Gasteiger partial charge in [-0.3, -0.25) is 0 Å². The molecular weight excluding hydrogens is 314 g/mol. The molecule has 26 heavy (non-hydrogen) atoms. The molecule has 0 radical (unpaired) electrons. The molecule has 3 aromatic rings. The Morgan fingerprint density at radius 1 is 0.731 bits per heavy atom. The number of rotatable bonds is 0. The number of nitrogen functional groups attached to an aromatic ring is 1. The molecule has 5 rings (SSSR count). The van der Waals surface area contributed by atoms with E-state index in [2.05, 4.69) is 79.7 Å². The normalized spacial score (nSPS) is 17.5. The van der Waals surface area contributed by atoms with E-state index in [0.29, 0.717) is 5.92 Å². The Kier molecular flexibility index (Phi) is 3.36. The van der Waals surface area contributed by atoms with Crippen LogP contribution in [0.5, 0.6) is 0 Å². The molecule has 0 bridgehead atoms. The first-order valence-corrected chi connectivity index (χ1v) is 9.24. The van der Waals surface area contributed by atoms with Crippen LogP contribution in [-0.4, -0.2) is 0 Å². The topological polar surface area (TPSA) is 26.0 Å². The van der Waals surface area contributed by atoms with Gasteiger partial charge in [0.25, 0.3) is 0 Å². The fraction of sp³-hybridized carbons (Fsp3) is 0.120. The molecule has 2 aliphatic carbocycles. The summed E-state index contributed by atoms with van der Waals surface area (Å²) in [6, 6.07) is 23.7. The van der Waals surface area contributed by atoms with E-state index in [1.807, 2.05) is 6.07 Å². The van der Waals surface area contributed by atoms with Crippen molar-refractivity contribution >= 4 is 16.8 Å². The van der Waals surface area contributed by atoms with Gasteiger partial charge >= 0.3 is 0 Å². The van der Waals surface area contributed by atoms with Crippen LogP contribution in [0.1, 0.15) is 24.5 Å². The average molecular weight is 335 g/mol. The molecule has 1 nitrogen and oxygen atoms in total. The maximum Gasteiger partial charge on any atom is 0.0400 e. The van der Waals surface area contributed by atoms with Gasteiger partial charge in [0.1, 0.15) is 0 Å². The Bertz CT molecular complexity index is 1080. The lowest BCUT2D eigenvalue weighted by Crippen LogP contribution is -2.10. The van der Waals surface area contributed by atoms with Crippen LogP contribution in [0.25, 0.3) is 33.4 Å². The summed E-state index contributed by atoms with van der Waals surface area (Å²) >= 11 is 0. The number of nitrogens with two attached hydrogens (primary N) is 1. The predicted molar refractivity (Wildman–Crippen MR) is 111 cm³/mol. The molecule has 126 valence electrons. The van der Waals surface area contributed by atoms with Crippen molar-refractivity contribution in [3.8, 4) is 22.3 Å². The van der Waals surface area contributed by atoms with Gasteiger partial charge in [-0.25, -0.2) is 0 Å². The largest absolute Gasteiger partial charge is 0.398 e. The van der Waals surface area contributed by atoms with Crippen molar-refractivity contribution < 1.29 is 0 Å². The van der Waals surface area contributed by atoms with Gasteiger partial charge in [0.15, 0.2) is 0 Å². The van der Waals surface area contributed by atoms with E-state index >= 15 is 0 Å². The fourth-order valence-corrected chi connectivity index (χ4v) is 4.49. The average Bonchev–Trinajstić information content (AvgIpc) is 2.67. The van der Waals surface area contributed by atoms with Gasteiger partial charge in [0.2, 0.25) is 0 Å². The van der Waals surface area contributed by atoms with Gasteiger partial charge in [-0.15, -0.1) is 0 Å². The minimum atomic E-state index is 0.467. The fourth-order valence-electron chi connectivity index (χ4n) is 4.49. The molecule has 0 fully saturated rings. The third-order valence-electron chi connectivity index (χ3n) is 5.65. The Hall–Kier alpha value is -3.06. The second-order valence-corrected chi connectivity index (χ2v) is 7.23. The second-order valence-electron chi connectivity index (χ2n) is 7.23. The minimum absolute atomic E-state index is 0.467. The zero-order valence-electron chi connectivity index (χ0n) is 14.9. The lowest BCUT2D eigenvalue weighted by Gasteiger charge is -2.29. The first-order chi connectivity index (χ1) is 12.8. The number of benzene rings is 3. The maximum atomic E-state index is 6.52. The lowest BCUT2D eigenvalue weighted by atomic mass is 9.74. The highest BCUT2D eigenvalue weighted by Crippen LogP contribution is 2.49. The number of hydrogen-bond acceptors (Lipinski definition) is 1. The Morgan fingerprint density at radius 3 is 2.12 bits per heavy atom. The van der Waals surface area contributed by atoms with E-state index in [0.717, 1.165) is 12.1 Å². The van der Waals surface area contributed by atoms with Gasteiger partial charge in [-0.05, 0) is 57.4 Å². The van der Waals surface area contributed by atoms with Gasteiger partial charge in [0.05, 0.1) is 0 Å². The molecule has 0 amide bonds. The zero-order chi connectivity index (χ0) is 17.7. The van der Waals surface area contributed by atoms with Gasteiger partial charge in [-0.2, -0.15) is 0 Å². The SMILES string of the molecule is CC1CC=CC2=C1c1cccc(N)c1-c1ccccc1-c1ccccc12. The van der Waals surface area contributed by atoms with Crippen LogP contribution in [0.3, 0.4) is 0 Å². The van der Waals surface area contributed by atoms with Crippen LogP contribution < -0.4 is 5.73 Å². The predicted octanol–water partition coefficient (Wildman–Crippen LogP) is 6.42. The van der Waals surface area contributed by atoms with Crippen molar-refractivity contribution in [2.45, 2.75) is 13.3 Å². The van der Waals surface area contributed by atoms with Gasteiger partial charge in [0, 0.05) is 11.3 Å². The molecule has 2 N–H and O–H groups in total. The van der Waals surface area contributed by atoms with Crippen molar-refractivity contribution in [2.24, 2.45) is 5.92 Å². The quantitative estimate of drug-likeness (QED) is 0.471. The zero-order valence-corrected chi connectivity index (χ0v) is 14.9. The second kappa shape index (κ2) is 5.74. The molecule has 1 atom stereocenters. The standard InChI is InChI=1S/C25H21N/c1-16-8-6-13-20-18-10-3-2-9-17(18)19-11-4-5-12-21(19)25-22(24(16)20)14-7-15-23(25)26/h2-7,9-16H,8,26H2,1H3. The summed E-state index contributed by atoms with van der Waals surface area (Å²) < 4.78 is 0. The summed E-state index contributed by atoms with van der Waals surface area (Å²) in [5.41, 5.74) is 17.6. The van der Waals surface area contributed by atoms with Gasteiger partial charge in [-0.1, -0.05) is 79.7 Å². The third-order valence-corrected chi connectivity index (χ3v) is 5.65. The summed E-state index contributed by atoms with van der Waals surface area (Å²) in [6.07, 6.45) is 5.67. The van der Waals surface area contributed by atoms with E-state index in [9.17, 15) is 0 Å². The van der Waals surface area contributed by atoms with Gasteiger partial charge < -0.3 is 5.73 Å².